The Morgan fingerprint density at radius 1 is 1.30 bits per heavy atom. The number of nitrogens with zero attached hydrogens (tertiary/aromatic N) is 1. The molecule has 0 aliphatic carbocycles. The third-order valence-electron chi connectivity index (χ3n) is 3.68. The maximum absolute atomic E-state index is 12.6. The first-order valence-corrected chi connectivity index (χ1v) is 8.76. The average Bonchev–Trinajstić information content (AvgIpc) is 2.95. The predicted octanol–water partition coefficient (Wildman–Crippen LogP) is 4.07. The number of hydrogen-bond acceptors (Lipinski definition) is 4. The molecular formula is C17H18N2O2S2. The molecule has 0 radical (unpaired) electrons. The van der Waals surface area contributed by atoms with Crippen LogP contribution in [0.3, 0.4) is 0 Å². The van der Waals surface area contributed by atoms with Gasteiger partial charge in [-0.15, -0.1) is 11.3 Å². The second-order valence-corrected chi connectivity index (χ2v) is 6.88. The van der Waals surface area contributed by atoms with Gasteiger partial charge in [0.05, 0.1) is 11.9 Å². The van der Waals surface area contributed by atoms with Gasteiger partial charge in [-0.25, -0.2) is 0 Å². The Hall–Kier alpha value is -1.92. The summed E-state index contributed by atoms with van der Waals surface area (Å²) < 4.78 is 7.71. The summed E-state index contributed by atoms with van der Waals surface area (Å²) in [7, 11) is 0. The van der Waals surface area contributed by atoms with Crippen molar-refractivity contribution in [1.82, 2.24) is 9.55 Å². The van der Waals surface area contributed by atoms with Crippen molar-refractivity contribution in [2.24, 2.45) is 0 Å². The van der Waals surface area contributed by atoms with Crippen molar-refractivity contribution < 1.29 is 4.74 Å². The van der Waals surface area contributed by atoms with Gasteiger partial charge in [-0.3, -0.25) is 9.36 Å². The Balaban J connectivity index is 1.81. The fraction of sp³-hybridized carbons (Fsp3) is 0.294. The topological polar surface area (TPSA) is 47.0 Å². The number of aromatic amines is 1. The van der Waals surface area contributed by atoms with Gasteiger partial charge in [0.1, 0.15) is 17.2 Å². The number of thiophene rings is 1. The Morgan fingerprint density at radius 3 is 2.74 bits per heavy atom. The molecule has 1 N–H and O–H groups in total. The van der Waals surface area contributed by atoms with Crippen molar-refractivity contribution in [3.8, 4) is 5.75 Å². The lowest BCUT2D eigenvalue weighted by atomic mass is 10.2. The number of nitrogens with one attached hydrogen (secondary N) is 1. The van der Waals surface area contributed by atoms with Gasteiger partial charge in [0, 0.05) is 4.88 Å². The van der Waals surface area contributed by atoms with Crippen molar-refractivity contribution in [1.29, 1.82) is 0 Å². The van der Waals surface area contributed by atoms with Crippen LogP contribution in [0.2, 0.25) is 0 Å². The number of fused-ring (bicyclic) bond motifs is 1. The van der Waals surface area contributed by atoms with Gasteiger partial charge in [0.15, 0.2) is 4.77 Å². The number of aryl methyl sites for hydroxylation is 2. The fourth-order valence-corrected chi connectivity index (χ4v) is 3.69. The van der Waals surface area contributed by atoms with Gasteiger partial charge >= 0.3 is 0 Å². The number of ether oxygens (including phenoxy) is 1. The third-order valence-corrected chi connectivity index (χ3v) is 5.19. The SMILES string of the molecule is CCc1cc2c(=O)n(CCOc3ccc(C)cc3)c(=S)[nH]c2s1. The normalized spacial score (nSPS) is 11.0. The van der Waals surface area contributed by atoms with Crippen LogP contribution in [0.1, 0.15) is 17.4 Å². The van der Waals surface area contributed by atoms with Crippen LogP contribution in [0.4, 0.5) is 0 Å². The second-order valence-electron chi connectivity index (χ2n) is 5.36. The summed E-state index contributed by atoms with van der Waals surface area (Å²) in [5.41, 5.74) is 1.14. The summed E-state index contributed by atoms with van der Waals surface area (Å²) in [4.78, 5) is 17.8. The molecular weight excluding hydrogens is 328 g/mol. The Labute approximate surface area is 143 Å². The number of benzene rings is 1. The van der Waals surface area contributed by atoms with E-state index < -0.39 is 0 Å². The Bertz CT molecular complexity index is 936. The second kappa shape index (κ2) is 6.68. The first-order valence-electron chi connectivity index (χ1n) is 7.53. The Morgan fingerprint density at radius 2 is 2.04 bits per heavy atom. The summed E-state index contributed by atoms with van der Waals surface area (Å²) in [6.07, 6.45) is 0.913. The monoisotopic (exact) mass is 346 g/mol. The maximum atomic E-state index is 12.6. The molecule has 0 unspecified atom stereocenters. The van der Waals surface area contributed by atoms with E-state index in [-0.39, 0.29) is 5.56 Å². The molecule has 2 aromatic heterocycles. The van der Waals surface area contributed by atoms with E-state index in [4.69, 9.17) is 17.0 Å². The standard InChI is InChI=1S/C17H18N2O2S2/c1-3-13-10-14-15(23-13)18-17(22)19(16(14)20)8-9-21-12-6-4-11(2)5-7-12/h4-7,10H,3,8-9H2,1-2H3,(H,18,22). The minimum atomic E-state index is -0.0489. The van der Waals surface area contributed by atoms with Gasteiger partial charge in [0.25, 0.3) is 5.56 Å². The van der Waals surface area contributed by atoms with Crippen molar-refractivity contribution in [2.75, 3.05) is 6.61 Å². The summed E-state index contributed by atoms with van der Waals surface area (Å²) in [6, 6.07) is 9.79. The zero-order chi connectivity index (χ0) is 16.4. The fourth-order valence-electron chi connectivity index (χ4n) is 2.36. The van der Waals surface area contributed by atoms with Gasteiger partial charge in [-0.1, -0.05) is 24.6 Å². The van der Waals surface area contributed by atoms with Crippen LogP contribution in [0.5, 0.6) is 5.75 Å². The number of rotatable bonds is 5. The largest absolute Gasteiger partial charge is 0.492 e. The quantitative estimate of drug-likeness (QED) is 0.709. The minimum Gasteiger partial charge on any atom is -0.492 e. The average molecular weight is 346 g/mol. The highest BCUT2D eigenvalue weighted by molar-refractivity contribution is 7.71. The molecule has 3 rings (SSSR count). The van der Waals surface area contributed by atoms with E-state index in [2.05, 4.69) is 11.9 Å². The summed E-state index contributed by atoms with van der Waals surface area (Å²) in [5.74, 6) is 0.795. The number of H-pyrrole nitrogens is 1. The molecule has 2 heterocycles. The van der Waals surface area contributed by atoms with Crippen LogP contribution in [-0.4, -0.2) is 16.2 Å². The smallest absolute Gasteiger partial charge is 0.263 e. The predicted molar refractivity (Wildman–Crippen MR) is 97.3 cm³/mol. The van der Waals surface area contributed by atoms with Crippen LogP contribution in [0, 0.1) is 11.7 Å². The highest BCUT2D eigenvalue weighted by Crippen LogP contribution is 2.21. The molecule has 4 nitrogen and oxygen atoms in total. The molecule has 3 aromatic rings. The van der Waals surface area contributed by atoms with Crippen LogP contribution in [0.15, 0.2) is 35.1 Å². The molecule has 23 heavy (non-hydrogen) atoms. The van der Waals surface area contributed by atoms with E-state index in [1.807, 2.05) is 37.3 Å². The van der Waals surface area contributed by atoms with Crippen molar-refractivity contribution >= 4 is 33.8 Å². The minimum absolute atomic E-state index is 0.0489. The molecule has 0 atom stereocenters. The molecule has 0 bridgehead atoms. The van der Waals surface area contributed by atoms with Crippen molar-refractivity contribution in [2.45, 2.75) is 26.8 Å². The number of aromatic nitrogens is 2. The lowest BCUT2D eigenvalue weighted by Gasteiger charge is -2.09. The lowest BCUT2D eigenvalue weighted by Crippen LogP contribution is -2.24. The van der Waals surface area contributed by atoms with Gasteiger partial charge in [-0.05, 0) is 43.8 Å². The van der Waals surface area contributed by atoms with Crippen LogP contribution in [-0.2, 0) is 13.0 Å². The molecule has 0 spiro atoms. The van der Waals surface area contributed by atoms with E-state index in [9.17, 15) is 4.79 Å². The van der Waals surface area contributed by atoms with E-state index >= 15 is 0 Å². The van der Waals surface area contributed by atoms with Crippen molar-refractivity contribution in [3.63, 3.8) is 0 Å². The molecule has 0 aliphatic heterocycles. The molecule has 120 valence electrons. The van der Waals surface area contributed by atoms with Gasteiger partial charge in [-0.2, -0.15) is 0 Å². The highest BCUT2D eigenvalue weighted by atomic mass is 32.1. The molecule has 0 fully saturated rings. The molecule has 0 saturated heterocycles. The van der Waals surface area contributed by atoms with E-state index in [0.29, 0.717) is 23.3 Å². The van der Waals surface area contributed by atoms with Crippen LogP contribution >= 0.6 is 23.6 Å². The van der Waals surface area contributed by atoms with Gasteiger partial charge < -0.3 is 9.72 Å². The first kappa shape index (κ1) is 16.0. The van der Waals surface area contributed by atoms with E-state index in [0.717, 1.165) is 17.0 Å². The molecule has 0 aliphatic rings. The van der Waals surface area contributed by atoms with Gasteiger partial charge in [0.2, 0.25) is 0 Å². The molecule has 0 saturated carbocycles. The molecule has 6 heteroatoms. The molecule has 0 amide bonds. The van der Waals surface area contributed by atoms with Crippen molar-refractivity contribution in [3.05, 3.63) is 55.9 Å². The summed E-state index contributed by atoms with van der Waals surface area (Å²) >= 11 is 6.91. The summed E-state index contributed by atoms with van der Waals surface area (Å²) in [5, 5.41) is 0.704. The first-order chi connectivity index (χ1) is 11.1. The highest BCUT2D eigenvalue weighted by Gasteiger charge is 2.09. The van der Waals surface area contributed by atoms with E-state index in [1.165, 1.54) is 10.4 Å². The van der Waals surface area contributed by atoms with E-state index in [1.54, 1.807) is 15.9 Å². The Kier molecular flexibility index (Phi) is 4.63. The number of hydrogen-bond donors (Lipinski definition) is 1. The zero-order valence-electron chi connectivity index (χ0n) is 13.1. The molecule has 1 aromatic carbocycles. The zero-order valence-corrected chi connectivity index (χ0v) is 14.7. The lowest BCUT2D eigenvalue weighted by molar-refractivity contribution is 0.295. The van der Waals surface area contributed by atoms with Crippen LogP contribution < -0.4 is 10.3 Å². The summed E-state index contributed by atoms with van der Waals surface area (Å²) in [6.45, 7) is 4.93. The third kappa shape index (κ3) is 3.38. The maximum Gasteiger partial charge on any atom is 0.263 e. The van der Waals surface area contributed by atoms with Crippen LogP contribution in [0.25, 0.3) is 10.2 Å².